The number of Topliss-reactive ketones (excluding diaryl/α,β-unsaturated/α-hetero) is 1. The highest BCUT2D eigenvalue weighted by molar-refractivity contribution is 6.46. The Hall–Kier alpha value is -3.72. The molecule has 1 aliphatic heterocycles. The first-order valence-electron chi connectivity index (χ1n) is 11.6. The molecule has 0 aromatic heterocycles. The highest BCUT2D eigenvalue weighted by Gasteiger charge is 2.46. The molecular formula is C26H31N3O6. The lowest BCUT2D eigenvalue weighted by Crippen LogP contribution is -2.35. The number of likely N-dealkylation sites (tertiary alicyclic amines) is 1. The Morgan fingerprint density at radius 1 is 1.20 bits per heavy atom. The molecule has 0 aliphatic carbocycles. The van der Waals surface area contributed by atoms with Crippen LogP contribution in [0, 0.1) is 17.0 Å². The van der Waals surface area contributed by atoms with Gasteiger partial charge in [-0.1, -0.05) is 25.5 Å². The first-order chi connectivity index (χ1) is 16.6. The maximum Gasteiger partial charge on any atom is 0.295 e. The SMILES string of the molecule is CCCCOc1ccc(/C(O)=C2\C(=O)C(=O)N(CCN(C)C)[C@H]2c2cccc([N+](=O)[O-])c2)cc1C. The van der Waals surface area contributed by atoms with Crippen molar-refractivity contribution in [1.82, 2.24) is 9.80 Å². The standard InChI is InChI=1S/C26H31N3O6/c1-5-6-14-35-21-11-10-19(15-17(21)2)24(30)22-23(18-8-7-9-20(16-18)29(33)34)28(13-12-27(3)4)26(32)25(22)31/h7-11,15-16,23,30H,5-6,12-14H2,1-4H3/b24-22+/t23-/m0/s1. The summed E-state index contributed by atoms with van der Waals surface area (Å²) in [5.74, 6) is -1.22. The van der Waals surface area contributed by atoms with Gasteiger partial charge in [0.1, 0.15) is 11.5 Å². The van der Waals surface area contributed by atoms with Gasteiger partial charge in [0.05, 0.1) is 23.1 Å². The van der Waals surface area contributed by atoms with Gasteiger partial charge < -0.3 is 19.6 Å². The number of aryl methyl sites for hydroxylation is 1. The molecule has 0 bridgehead atoms. The molecular weight excluding hydrogens is 450 g/mol. The van der Waals surface area contributed by atoms with E-state index < -0.39 is 22.7 Å². The third kappa shape index (κ3) is 5.68. The maximum absolute atomic E-state index is 13.1. The number of ketones is 1. The second-order valence-electron chi connectivity index (χ2n) is 8.83. The van der Waals surface area contributed by atoms with Crippen molar-refractivity contribution in [2.45, 2.75) is 32.7 Å². The fourth-order valence-corrected chi connectivity index (χ4v) is 4.01. The zero-order valence-electron chi connectivity index (χ0n) is 20.5. The number of benzene rings is 2. The molecule has 9 heteroatoms. The number of nitro benzene ring substituents is 1. The van der Waals surface area contributed by atoms with Crippen LogP contribution in [0.1, 0.15) is 42.5 Å². The van der Waals surface area contributed by atoms with Crippen LogP contribution in [0.2, 0.25) is 0 Å². The molecule has 1 heterocycles. The fraction of sp³-hybridized carbons (Fsp3) is 0.385. The third-order valence-electron chi connectivity index (χ3n) is 5.93. The topological polar surface area (TPSA) is 113 Å². The number of nitro groups is 1. The van der Waals surface area contributed by atoms with Crippen molar-refractivity contribution in [1.29, 1.82) is 0 Å². The molecule has 1 amide bonds. The molecule has 3 rings (SSSR count). The normalized spacial score (nSPS) is 17.3. The van der Waals surface area contributed by atoms with Crippen LogP contribution in [0.25, 0.3) is 5.76 Å². The van der Waals surface area contributed by atoms with E-state index in [1.807, 2.05) is 25.9 Å². The van der Waals surface area contributed by atoms with E-state index >= 15 is 0 Å². The highest BCUT2D eigenvalue weighted by Crippen LogP contribution is 2.40. The molecule has 1 fully saturated rings. The van der Waals surface area contributed by atoms with E-state index in [0.717, 1.165) is 18.4 Å². The van der Waals surface area contributed by atoms with E-state index in [2.05, 4.69) is 6.92 Å². The van der Waals surface area contributed by atoms with Gasteiger partial charge in [0.2, 0.25) is 0 Å². The average Bonchev–Trinajstić information content (AvgIpc) is 3.08. The first kappa shape index (κ1) is 25.9. The summed E-state index contributed by atoms with van der Waals surface area (Å²) in [6.45, 7) is 5.17. The average molecular weight is 482 g/mol. The number of rotatable bonds is 10. The molecule has 1 N–H and O–H groups in total. The molecule has 0 unspecified atom stereocenters. The van der Waals surface area contributed by atoms with Gasteiger partial charge in [0.15, 0.2) is 0 Å². The number of hydrogen-bond acceptors (Lipinski definition) is 7. The van der Waals surface area contributed by atoms with E-state index in [1.165, 1.54) is 23.1 Å². The Balaban J connectivity index is 2.10. The lowest BCUT2D eigenvalue weighted by Gasteiger charge is -2.26. The molecule has 0 spiro atoms. The van der Waals surface area contributed by atoms with Crippen molar-refractivity contribution < 1.29 is 24.4 Å². The van der Waals surface area contributed by atoms with E-state index in [0.29, 0.717) is 30.0 Å². The summed E-state index contributed by atoms with van der Waals surface area (Å²) in [5.41, 5.74) is 1.28. The van der Waals surface area contributed by atoms with Crippen LogP contribution in [-0.2, 0) is 9.59 Å². The molecule has 186 valence electrons. The number of unbranched alkanes of at least 4 members (excludes halogenated alkanes) is 1. The smallest absolute Gasteiger partial charge is 0.295 e. The predicted molar refractivity (Wildman–Crippen MR) is 132 cm³/mol. The highest BCUT2D eigenvalue weighted by atomic mass is 16.6. The van der Waals surface area contributed by atoms with Gasteiger partial charge in [-0.25, -0.2) is 0 Å². The van der Waals surface area contributed by atoms with Crippen LogP contribution < -0.4 is 4.74 Å². The largest absolute Gasteiger partial charge is 0.507 e. The number of carbonyl (C=O) groups is 2. The lowest BCUT2D eigenvalue weighted by molar-refractivity contribution is -0.384. The zero-order chi connectivity index (χ0) is 25.7. The quantitative estimate of drug-likeness (QED) is 0.136. The molecule has 0 radical (unpaired) electrons. The van der Waals surface area contributed by atoms with Gasteiger partial charge in [-0.15, -0.1) is 0 Å². The lowest BCUT2D eigenvalue weighted by atomic mass is 9.94. The van der Waals surface area contributed by atoms with Crippen LogP contribution in [-0.4, -0.2) is 65.3 Å². The number of hydrogen-bond donors (Lipinski definition) is 1. The van der Waals surface area contributed by atoms with E-state index in [1.54, 1.807) is 24.3 Å². The van der Waals surface area contributed by atoms with E-state index in [9.17, 15) is 24.8 Å². The van der Waals surface area contributed by atoms with Gasteiger partial charge in [-0.2, -0.15) is 0 Å². The minimum atomic E-state index is -0.948. The summed E-state index contributed by atoms with van der Waals surface area (Å²) in [6, 6.07) is 9.93. The minimum absolute atomic E-state index is 0.0895. The fourth-order valence-electron chi connectivity index (χ4n) is 4.01. The van der Waals surface area contributed by atoms with Crippen molar-refractivity contribution in [2.75, 3.05) is 33.8 Å². The van der Waals surface area contributed by atoms with Crippen LogP contribution in [0.5, 0.6) is 5.75 Å². The van der Waals surface area contributed by atoms with Gasteiger partial charge in [0, 0.05) is 30.8 Å². The number of nitrogens with zero attached hydrogens (tertiary/aromatic N) is 3. The molecule has 0 saturated carbocycles. The van der Waals surface area contributed by atoms with Gasteiger partial charge in [-0.05, 0) is 56.8 Å². The van der Waals surface area contributed by atoms with E-state index in [-0.39, 0.29) is 23.6 Å². The Kier molecular flexibility index (Phi) is 8.24. The second-order valence-corrected chi connectivity index (χ2v) is 8.83. The molecule has 1 atom stereocenters. The molecule has 35 heavy (non-hydrogen) atoms. The van der Waals surface area contributed by atoms with Crippen molar-refractivity contribution in [3.05, 3.63) is 74.8 Å². The Morgan fingerprint density at radius 2 is 1.94 bits per heavy atom. The Morgan fingerprint density at radius 3 is 2.57 bits per heavy atom. The van der Waals surface area contributed by atoms with Gasteiger partial charge in [-0.3, -0.25) is 19.7 Å². The zero-order valence-corrected chi connectivity index (χ0v) is 20.5. The van der Waals surface area contributed by atoms with Crippen molar-refractivity contribution >= 4 is 23.1 Å². The summed E-state index contributed by atoms with van der Waals surface area (Å²) in [4.78, 5) is 40.2. The summed E-state index contributed by atoms with van der Waals surface area (Å²) >= 11 is 0. The number of likely N-dealkylation sites (N-methyl/N-ethyl adjacent to an activating group) is 1. The number of carbonyl (C=O) groups excluding carboxylic acids is 2. The first-order valence-corrected chi connectivity index (χ1v) is 11.6. The van der Waals surface area contributed by atoms with E-state index in [4.69, 9.17) is 4.74 Å². The Labute approximate surface area is 204 Å². The van der Waals surface area contributed by atoms with Crippen molar-refractivity contribution in [3.63, 3.8) is 0 Å². The van der Waals surface area contributed by atoms with Crippen LogP contribution >= 0.6 is 0 Å². The molecule has 1 aliphatic rings. The summed E-state index contributed by atoms with van der Waals surface area (Å²) in [7, 11) is 3.68. The summed E-state index contributed by atoms with van der Waals surface area (Å²) < 4.78 is 5.78. The summed E-state index contributed by atoms with van der Waals surface area (Å²) in [6.07, 6.45) is 1.92. The molecule has 1 saturated heterocycles. The maximum atomic E-state index is 13.1. The molecule has 2 aromatic rings. The van der Waals surface area contributed by atoms with Crippen molar-refractivity contribution in [3.8, 4) is 5.75 Å². The summed E-state index contributed by atoms with van der Waals surface area (Å²) in [5, 5.41) is 22.6. The Bertz CT molecular complexity index is 1160. The third-order valence-corrected chi connectivity index (χ3v) is 5.93. The number of amides is 1. The predicted octanol–water partition coefficient (Wildman–Crippen LogP) is 4.07. The van der Waals surface area contributed by atoms with Crippen LogP contribution in [0.4, 0.5) is 5.69 Å². The van der Waals surface area contributed by atoms with Crippen LogP contribution in [0.15, 0.2) is 48.0 Å². The van der Waals surface area contributed by atoms with Gasteiger partial charge in [0.25, 0.3) is 17.4 Å². The van der Waals surface area contributed by atoms with Crippen molar-refractivity contribution in [2.24, 2.45) is 0 Å². The molecule has 9 nitrogen and oxygen atoms in total. The molecule has 2 aromatic carbocycles. The number of ether oxygens (including phenoxy) is 1. The number of non-ortho nitro benzene ring substituents is 1. The monoisotopic (exact) mass is 481 g/mol. The minimum Gasteiger partial charge on any atom is -0.507 e. The number of aliphatic hydroxyl groups excluding tert-OH is 1. The number of aliphatic hydroxyl groups is 1. The van der Waals surface area contributed by atoms with Gasteiger partial charge >= 0.3 is 0 Å². The van der Waals surface area contributed by atoms with Crippen LogP contribution in [0.3, 0.4) is 0 Å². The second kappa shape index (κ2) is 11.1.